The van der Waals surface area contributed by atoms with Crippen LogP contribution in [0.4, 0.5) is 0 Å². The molecule has 0 saturated carbocycles. The van der Waals surface area contributed by atoms with Crippen LogP contribution < -0.4 is 5.32 Å². The van der Waals surface area contributed by atoms with Gasteiger partial charge in [0.05, 0.1) is 36.0 Å². The average molecular weight is 537 g/mol. The molecule has 192 valence electrons. The van der Waals surface area contributed by atoms with Gasteiger partial charge in [0.25, 0.3) is 0 Å². The van der Waals surface area contributed by atoms with Gasteiger partial charge in [0.1, 0.15) is 5.01 Å². The third-order valence-electron chi connectivity index (χ3n) is 6.13. The fourth-order valence-corrected chi connectivity index (χ4v) is 5.59. The number of esters is 2. The molecule has 2 aromatic carbocycles. The van der Waals surface area contributed by atoms with E-state index >= 15 is 0 Å². The van der Waals surface area contributed by atoms with Gasteiger partial charge < -0.3 is 14.8 Å². The van der Waals surface area contributed by atoms with Crippen molar-refractivity contribution in [3.05, 3.63) is 86.5 Å². The van der Waals surface area contributed by atoms with E-state index in [0.29, 0.717) is 27.6 Å². The molecule has 0 saturated heterocycles. The molecule has 6 nitrogen and oxygen atoms in total. The molecule has 0 amide bonds. The summed E-state index contributed by atoms with van der Waals surface area (Å²) in [5, 5.41) is 4.69. The predicted molar refractivity (Wildman–Crippen MR) is 147 cm³/mol. The number of carbonyl (C=O) groups excluding carboxylic acids is 2. The molecule has 2 heterocycles. The molecule has 0 radical (unpaired) electrons. The predicted octanol–water partition coefficient (Wildman–Crippen LogP) is 6.80. The van der Waals surface area contributed by atoms with E-state index in [1.807, 2.05) is 69.3 Å². The molecule has 0 aliphatic carbocycles. The first-order valence-electron chi connectivity index (χ1n) is 12.1. The van der Waals surface area contributed by atoms with Crippen LogP contribution in [-0.4, -0.2) is 30.1 Å². The molecular weight excluding hydrogens is 508 g/mol. The smallest absolute Gasteiger partial charge is 0.336 e. The van der Waals surface area contributed by atoms with Crippen LogP contribution in [0.25, 0.3) is 21.8 Å². The first kappa shape index (κ1) is 26.6. The summed E-state index contributed by atoms with van der Waals surface area (Å²) in [6.45, 7) is 9.65. The molecule has 0 atom stereocenters. The second kappa shape index (κ2) is 11.3. The molecular formula is C29H29ClN2O4S. The van der Waals surface area contributed by atoms with Crippen LogP contribution in [0.2, 0.25) is 5.02 Å². The summed E-state index contributed by atoms with van der Waals surface area (Å²) < 4.78 is 10.8. The van der Waals surface area contributed by atoms with E-state index in [1.165, 1.54) is 0 Å². The molecule has 1 aliphatic rings. The van der Waals surface area contributed by atoms with Crippen LogP contribution in [0.15, 0.2) is 71.1 Å². The average Bonchev–Trinajstić information content (AvgIpc) is 3.26. The van der Waals surface area contributed by atoms with Gasteiger partial charge in [-0.25, -0.2) is 14.6 Å². The van der Waals surface area contributed by atoms with Gasteiger partial charge in [0, 0.05) is 32.4 Å². The van der Waals surface area contributed by atoms with Gasteiger partial charge >= 0.3 is 11.9 Å². The van der Waals surface area contributed by atoms with Gasteiger partial charge in [-0.3, -0.25) is 0 Å². The second-order valence-electron chi connectivity index (χ2n) is 8.63. The van der Waals surface area contributed by atoms with E-state index < -0.39 is 17.9 Å². The normalized spacial score (nSPS) is 14.0. The highest BCUT2D eigenvalue weighted by atomic mass is 35.5. The second-order valence-corrected chi connectivity index (χ2v) is 10.3. The van der Waals surface area contributed by atoms with Crippen molar-refractivity contribution in [1.82, 2.24) is 10.3 Å². The summed E-state index contributed by atoms with van der Waals surface area (Å²) in [4.78, 5) is 32.2. The summed E-state index contributed by atoms with van der Waals surface area (Å²) in [6.07, 6.45) is 0. The fourth-order valence-electron chi connectivity index (χ4n) is 4.53. The Morgan fingerprint density at radius 3 is 2.08 bits per heavy atom. The SMILES string of the molecule is CCOC(=O)C1=C(C)NC(C)=C(C(=O)OCC)C1c1cccc(-c2nc(-c3ccc(Cl)cc3)c(C)s2)c1. The van der Waals surface area contributed by atoms with Crippen LogP contribution in [0, 0.1) is 6.92 Å². The monoisotopic (exact) mass is 536 g/mol. The van der Waals surface area contributed by atoms with E-state index in [-0.39, 0.29) is 13.2 Å². The van der Waals surface area contributed by atoms with Crippen molar-refractivity contribution in [2.45, 2.75) is 40.5 Å². The topological polar surface area (TPSA) is 77.5 Å². The minimum Gasteiger partial charge on any atom is -0.463 e. The van der Waals surface area contributed by atoms with E-state index in [4.69, 9.17) is 26.1 Å². The van der Waals surface area contributed by atoms with E-state index in [0.717, 1.165) is 32.3 Å². The van der Waals surface area contributed by atoms with Gasteiger partial charge in [-0.1, -0.05) is 41.9 Å². The van der Waals surface area contributed by atoms with E-state index in [1.54, 1.807) is 25.2 Å². The van der Waals surface area contributed by atoms with Crippen molar-refractivity contribution in [3.8, 4) is 21.8 Å². The number of rotatable bonds is 7. The molecule has 1 N–H and O–H groups in total. The molecule has 0 bridgehead atoms. The fraction of sp³-hybridized carbons (Fsp3) is 0.276. The highest BCUT2D eigenvalue weighted by Crippen LogP contribution is 2.41. The number of hydrogen-bond donors (Lipinski definition) is 1. The van der Waals surface area contributed by atoms with Gasteiger partial charge in [-0.05, 0) is 58.4 Å². The number of ether oxygens (including phenoxy) is 2. The number of carbonyl (C=O) groups is 2. The molecule has 3 aromatic rings. The minimum atomic E-state index is -0.643. The van der Waals surface area contributed by atoms with Crippen molar-refractivity contribution < 1.29 is 19.1 Å². The number of aryl methyl sites for hydroxylation is 1. The Balaban J connectivity index is 1.82. The summed E-state index contributed by atoms with van der Waals surface area (Å²) in [6, 6.07) is 15.4. The van der Waals surface area contributed by atoms with Crippen molar-refractivity contribution in [3.63, 3.8) is 0 Å². The summed E-state index contributed by atoms with van der Waals surface area (Å²) >= 11 is 7.65. The number of nitrogens with zero attached hydrogens (tertiary/aromatic N) is 1. The zero-order chi connectivity index (χ0) is 26.7. The Morgan fingerprint density at radius 2 is 1.51 bits per heavy atom. The van der Waals surface area contributed by atoms with Crippen LogP contribution in [0.3, 0.4) is 0 Å². The van der Waals surface area contributed by atoms with Gasteiger partial charge in [-0.2, -0.15) is 0 Å². The minimum absolute atomic E-state index is 0.228. The quantitative estimate of drug-likeness (QED) is 0.335. The Labute approximate surface area is 226 Å². The molecule has 8 heteroatoms. The Kier molecular flexibility index (Phi) is 8.15. The third kappa shape index (κ3) is 5.48. The number of nitrogens with one attached hydrogen (secondary N) is 1. The summed E-state index contributed by atoms with van der Waals surface area (Å²) in [5.41, 5.74) is 5.65. The summed E-state index contributed by atoms with van der Waals surface area (Å²) in [5.74, 6) is -1.57. The number of allylic oxidation sites excluding steroid dienone is 2. The Bertz CT molecular complexity index is 1370. The zero-order valence-electron chi connectivity index (χ0n) is 21.5. The van der Waals surface area contributed by atoms with Crippen molar-refractivity contribution in [2.75, 3.05) is 13.2 Å². The maximum absolute atomic E-state index is 13.1. The third-order valence-corrected chi connectivity index (χ3v) is 7.40. The zero-order valence-corrected chi connectivity index (χ0v) is 23.0. The van der Waals surface area contributed by atoms with E-state index in [2.05, 4.69) is 5.32 Å². The first-order chi connectivity index (χ1) is 17.7. The number of benzene rings is 2. The van der Waals surface area contributed by atoms with Crippen molar-refractivity contribution in [1.29, 1.82) is 0 Å². The Morgan fingerprint density at radius 1 is 0.919 bits per heavy atom. The number of hydrogen-bond acceptors (Lipinski definition) is 7. The number of thiazole rings is 1. The first-order valence-corrected chi connectivity index (χ1v) is 13.3. The van der Waals surface area contributed by atoms with Gasteiger partial charge in [0.15, 0.2) is 0 Å². The molecule has 37 heavy (non-hydrogen) atoms. The largest absolute Gasteiger partial charge is 0.463 e. The lowest BCUT2D eigenvalue weighted by Crippen LogP contribution is -2.32. The highest BCUT2D eigenvalue weighted by Gasteiger charge is 2.38. The molecule has 0 spiro atoms. The standard InChI is InChI=1S/C29H29ClN2O4S/c1-6-35-28(33)23-16(3)31-17(4)24(29(34)36-7-2)25(23)20-9-8-10-21(15-20)27-32-26(18(5)37-27)19-11-13-22(30)14-12-19/h8-15,25,31H,6-7H2,1-5H3. The van der Waals surface area contributed by atoms with Crippen LogP contribution in [-0.2, 0) is 19.1 Å². The van der Waals surface area contributed by atoms with Crippen LogP contribution in [0.5, 0.6) is 0 Å². The highest BCUT2D eigenvalue weighted by molar-refractivity contribution is 7.15. The van der Waals surface area contributed by atoms with Crippen molar-refractivity contribution in [2.24, 2.45) is 0 Å². The number of aromatic nitrogens is 1. The maximum atomic E-state index is 13.1. The van der Waals surface area contributed by atoms with Crippen LogP contribution >= 0.6 is 22.9 Å². The molecule has 0 fully saturated rings. The van der Waals surface area contributed by atoms with Gasteiger partial charge in [0.2, 0.25) is 0 Å². The van der Waals surface area contributed by atoms with Crippen LogP contribution in [0.1, 0.15) is 44.1 Å². The Hall–Kier alpha value is -3.42. The number of halogens is 1. The lowest BCUT2D eigenvalue weighted by atomic mass is 9.80. The molecule has 0 unspecified atom stereocenters. The van der Waals surface area contributed by atoms with Gasteiger partial charge in [-0.15, -0.1) is 11.3 Å². The maximum Gasteiger partial charge on any atom is 0.336 e. The molecule has 1 aromatic heterocycles. The molecule has 1 aliphatic heterocycles. The lowest BCUT2D eigenvalue weighted by molar-refractivity contribution is -0.139. The summed E-state index contributed by atoms with van der Waals surface area (Å²) in [7, 11) is 0. The number of dihydropyridines is 1. The molecule has 4 rings (SSSR count). The van der Waals surface area contributed by atoms with E-state index in [9.17, 15) is 9.59 Å². The van der Waals surface area contributed by atoms with Crippen molar-refractivity contribution >= 4 is 34.9 Å². The lowest BCUT2D eigenvalue weighted by Gasteiger charge is -2.30.